The molecular weight excluding hydrogens is 548 g/mol. The van der Waals surface area contributed by atoms with Crippen LogP contribution in [-0.2, 0) is 0 Å². The molecule has 0 bridgehead atoms. The second-order valence-corrected chi connectivity index (χ2v) is 11.8. The Morgan fingerprint density at radius 2 is 1.13 bits per heavy atom. The molecule has 45 heavy (non-hydrogen) atoms. The Hall–Kier alpha value is -6.06. The predicted octanol–water partition coefficient (Wildman–Crippen LogP) is 11.7. The third kappa shape index (κ3) is 3.52. The van der Waals surface area contributed by atoms with Gasteiger partial charge in [0.2, 0.25) is 0 Å². The molecule has 1 N–H and O–H groups in total. The average molecular weight is 575 g/mol. The van der Waals surface area contributed by atoms with Crippen LogP contribution < -0.4 is 0 Å². The van der Waals surface area contributed by atoms with Gasteiger partial charge in [-0.3, -0.25) is 0 Å². The van der Waals surface area contributed by atoms with Crippen molar-refractivity contribution in [2.45, 2.75) is 0 Å². The van der Waals surface area contributed by atoms with Crippen LogP contribution in [0.4, 0.5) is 0 Å². The van der Waals surface area contributed by atoms with Gasteiger partial charge in [-0.05, 0) is 65.2 Å². The lowest BCUT2D eigenvalue weighted by molar-refractivity contribution is 0.673. The molecule has 0 unspecified atom stereocenters. The standard InChI is InChI=1S/C42H26N2O/c1-2-10-26(11-3-1)27-18-21-29(22-19-27)44-38-16-8-5-14-32(38)40-41(44)33(25-35-31-13-6-9-17-39(31)45-42(35)40)28-20-23-37-34(24-28)30-12-4-7-15-36(30)43-37/h1-25,43H. The van der Waals surface area contributed by atoms with Crippen molar-refractivity contribution in [2.24, 2.45) is 0 Å². The minimum absolute atomic E-state index is 0.905. The van der Waals surface area contributed by atoms with E-state index in [2.05, 4.69) is 155 Å². The fourth-order valence-electron chi connectivity index (χ4n) is 7.27. The molecule has 3 heterocycles. The molecule has 0 amide bonds. The van der Waals surface area contributed by atoms with E-state index in [1.807, 2.05) is 6.07 Å². The molecule has 7 aromatic carbocycles. The molecule has 0 saturated heterocycles. The zero-order chi connectivity index (χ0) is 29.5. The number of fused-ring (bicyclic) bond motifs is 10. The van der Waals surface area contributed by atoms with Crippen molar-refractivity contribution in [1.29, 1.82) is 0 Å². The van der Waals surface area contributed by atoms with Crippen LogP contribution in [0.1, 0.15) is 0 Å². The highest BCUT2D eigenvalue weighted by molar-refractivity contribution is 6.27. The van der Waals surface area contributed by atoms with Crippen LogP contribution in [0.5, 0.6) is 0 Å². The molecule has 0 radical (unpaired) electrons. The second kappa shape index (κ2) is 9.22. The first kappa shape index (κ1) is 24.4. The van der Waals surface area contributed by atoms with Crippen LogP contribution in [0.3, 0.4) is 0 Å². The van der Waals surface area contributed by atoms with Gasteiger partial charge in [-0.1, -0.05) is 103 Å². The van der Waals surface area contributed by atoms with Crippen LogP contribution in [0, 0.1) is 0 Å². The minimum Gasteiger partial charge on any atom is -0.455 e. The van der Waals surface area contributed by atoms with Gasteiger partial charge in [-0.25, -0.2) is 0 Å². The van der Waals surface area contributed by atoms with E-state index in [0.29, 0.717) is 0 Å². The maximum atomic E-state index is 6.69. The van der Waals surface area contributed by atoms with Crippen LogP contribution >= 0.6 is 0 Å². The summed E-state index contributed by atoms with van der Waals surface area (Å²) in [6.07, 6.45) is 0. The van der Waals surface area contributed by atoms with Crippen LogP contribution in [-0.4, -0.2) is 9.55 Å². The predicted molar refractivity (Wildman–Crippen MR) is 188 cm³/mol. The molecule has 3 heteroatoms. The summed E-state index contributed by atoms with van der Waals surface area (Å²) in [5.74, 6) is 0. The number of nitrogens with zero attached hydrogens (tertiary/aromatic N) is 1. The molecule has 0 aliphatic rings. The SMILES string of the molecule is c1ccc(-c2ccc(-n3c4ccccc4c4c5oc6ccccc6c5cc(-c5ccc6[nH]c7ccccc7c6c5)c43)cc2)cc1. The lowest BCUT2D eigenvalue weighted by Gasteiger charge is -2.13. The van der Waals surface area contributed by atoms with E-state index < -0.39 is 0 Å². The van der Waals surface area contributed by atoms with Gasteiger partial charge in [0.05, 0.1) is 16.4 Å². The summed E-state index contributed by atoms with van der Waals surface area (Å²) in [6, 6.07) is 54.3. The highest BCUT2D eigenvalue weighted by atomic mass is 16.3. The van der Waals surface area contributed by atoms with E-state index in [-0.39, 0.29) is 0 Å². The Morgan fingerprint density at radius 3 is 2.00 bits per heavy atom. The summed E-state index contributed by atoms with van der Waals surface area (Å²) in [7, 11) is 0. The number of hydrogen-bond acceptors (Lipinski definition) is 1. The molecule has 10 aromatic rings. The Morgan fingerprint density at radius 1 is 0.467 bits per heavy atom. The van der Waals surface area contributed by atoms with E-state index in [1.54, 1.807) is 0 Å². The molecule has 0 spiro atoms. The first-order valence-corrected chi connectivity index (χ1v) is 15.4. The summed E-state index contributed by atoms with van der Waals surface area (Å²) in [6.45, 7) is 0. The Kier molecular flexibility index (Phi) is 5.00. The molecule has 0 saturated carbocycles. The Labute approximate surface area is 258 Å². The highest BCUT2D eigenvalue weighted by Gasteiger charge is 2.23. The number of hydrogen-bond donors (Lipinski definition) is 1. The lowest BCUT2D eigenvalue weighted by Crippen LogP contribution is -1.96. The van der Waals surface area contributed by atoms with Gasteiger partial charge in [0, 0.05) is 49.2 Å². The van der Waals surface area contributed by atoms with Gasteiger partial charge in [0.15, 0.2) is 0 Å². The van der Waals surface area contributed by atoms with Gasteiger partial charge in [0.25, 0.3) is 0 Å². The molecule has 3 aromatic heterocycles. The number of aromatic amines is 1. The molecule has 3 nitrogen and oxygen atoms in total. The largest absolute Gasteiger partial charge is 0.455 e. The highest BCUT2D eigenvalue weighted by Crippen LogP contribution is 2.46. The van der Waals surface area contributed by atoms with Gasteiger partial charge in [0.1, 0.15) is 11.2 Å². The third-order valence-corrected chi connectivity index (χ3v) is 9.33. The summed E-state index contributed by atoms with van der Waals surface area (Å²) >= 11 is 0. The first-order chi connectivity index (χ1) is 22.3. The molecule has 0 aliphatic carbocycles. The van der Waals surface area contributed by atoms with Gasteiger partial charge in [-0.2, -0.15) is 0 Å². The summed E-state index contributed by atoms with van der Waals surface area (Å²) in [5.41, 5.74) is 12.3. The minimum atomic E-state index is 0.905. The molecule has 0 aliphatic heterocycles. The lowest BCUT2D eigenvalue weighted by atomic mass is 9.97. The summed E-state index contributed by atoms with van der Waals surface area (Å²) in [5, 5.41) is 7.04. The maximum Gasteiger partial charge on any atom is 0.145 e. The second-order valence-electron chi connectivity index (χ2n) is 11.8. The fourth-order valence-corrected chi connectivity index (χ4v) is 7.27. The first-order valence-electron chi connectivity index (χ1n) is 15.4. The monoisotopic (exact) mass is 574 g/mol. The molecular formula is C42H26N2O. The van der Waals surface area contributed by atoms with Crippen molar-refractivity contribution < 1.29 is 4.42 Å². The fraction of sp³-hybridized carbons (Fsp3) is 0. The summed E-state index contributed by atoms with van der Waals surface area (Å²) < 4.78 is 9.11. The number of nitrogens with one attached hydrogen (secondary N) is 1. The van der Waals surface area contributed by atoms with Crippen LogP contribution in [0.25, 0.3) is 93.5 Å². The van der Waals surface area contributed by atoms with Crippen molar-refractivity contribution in [2.75, 3.05) is 0 Å². The van der Waals surface area contributed by atoms with Crippen molar-refractivity contribution in [1.82, 2.24) is 9.55 Å². The van der Waals surface area contributed by atoms with E-state index >= 15 is 0 Å². The van der Waals surface area contributed by atoms with Crippen LogP contribution in [0.15, 0.2) is 156 Å². The normalized spacial score (nSPS) is 12.0. The van der Waals surface area contributed by atoms with E-state index in [4.69, 9.17) is 4.42 Å². The average Bonchev–Trinajstić information content (AvgIpc) is 3.78. The maximum absolute atomic E-state index is 6.69. The molecule has 210 valence electrons. The van der Waals surface area contributed by atoms with E-state index in [9.17, 15) is 0 Å². The number of H-pyrrole nitrogens is 1. The van der Waals surface area contributed by atoms with E-state index in [0.717, 1.165) is 55.1 Å². The number of benzene rings is 7. The van der Waals surface area contributed by atoms with Gasteiger partial charge in [-0.15, -0.1) is 0 Å². The number of aromatic nitrogens is 2. The zero-order valence-electron chi connectivity index (χ0n) is 24.3. The topological polar surface area (TPSA) is 33.9 Å². The number of rotatable bonds is 3. The van der Waals surface area contributed by atoms with E-state index in [1.165, 1.54) is 38.4 Å². The third-order valence-electron chi connectivity index (χ3n) is 9.33. The van der Waals surface area contributed by atoms with Crippen molar-refractivity contribution in [3.05, 3.63) is 152 Å². The Balaban J connectivity index is 1.34. The number of para-hydroxylation sites is 3. The van der Waals surface area contributed by atoms with Crippen molar-refractivity contribution >= 4 is 65.6 Å². The number of furan rings is 1. The Bertz CT molecular complexity index is 2740. The van der Waals surface area contributed by atoms with Crippen LogP contribution in [0.2, 0.25) is 0 Å². The smallest absolute Gasteiger partial charge is 0.145 e. The quantitative estimate of drug-likeness (QED) is 0.224. The van der Waals surface area contributed by atoms with Crippen molar-refractivity contribution in [3.63, 3.8) is 0 Å². The van der Waals surface area contributed by atoms with Gasteiger partial charge >= 0.3 is 0 Å². The van der Waals surface area contributed by atoms with Gasteiger partial charge < -0.3 is 14.0 Å². The summed E-state index contributed by atoms with van der Waals surface area (Å²) in [4.78, 5) is 3.60. The van der Waals surface area contributed by atoms with Crippen molar-refractivity contribution in [3.8, 4) is 27.9 Å². The molecule has 0 fully saturated rings. The molecule has 10 rings (SSSR count). The zero-order valence-corrected chi connectivity index (χ0v) is 24.3. The molecule has 0 atom stereocenters.